The first-order valence-corrected chi connectivity index (χ1v) is 3.34. The van der Waals surface area contributed by atoms with E-state index in [-0.39, 0.29) is 11.6 Å². The maximum Gasteiger partial charge on any atom is 0.323 e. The second kappa shape index (κ2) is 2.77. The molecule has 0 atom stereocenters. The van der Waals surface area contributed by atoms with E-state index in [4.69, 9.17) is 0 Å². The highest BCUT2D eigenvalue weighted by molar-refractivity contribution is 5.94. The number of Topliss-reactive ketones (excluding diaryl/α,β-unsaturated/α-hetero) is 1. The van der Waals surface area contributed by atoms with Gasteiger partial charge in [-0.2, -0.15) is 0 Å². The number of carbonyl (C=O) groups excluding carboxylic acids is 1. The van der Waals surface area contributed by atoms with Crippen LogP contribution in [0.5, 0.6) is 0 Å². The molecule has 5 heteroatoms. The van der Waals surface area contributed by atoms with Crippen LogP contribution in [-0.2, 0) is 7.05 Å². The van der Waals surface area contributed by atoms with Crippen LogP contribution < -0.4 is 0 Å². The lowest BCUT2D eigenvalue weighted by Crippen LogP contribution is -1.94. The fourth-order valence-corrected chi connectivity index (χ4v) is 0.927. The van der Waals surface area contributed by atoms with E-state index in [9.17, 15) is 14.9 Å². The summed E-state index contributed by atoms with van der Waals surface area (Å²) in [6, 6.07) is 1.27. The highest BCUT2D eigenvalue weighted by Crippen LogP contribution is 2.14. The Morgan fingerprint density at radius 3 is 2.50 bits per heavy atom. The summed E-state index contributed by atoms with van der Waals surface area (Å²) in [6.45, 7) is 1.37. The number of aromatic nitrogens is 1. The molecule has 1 heterocycles. The van der Waals surface area contributed by atoms with Crippen LogP contribution in [0.15, 0.2) is 12.3 Å². The third-order valence-corrected chi connectivity index (χ3v) is 1.57. The van der Waals surface area contributed by atoms with E-state index in [1.54, 1.807) is 0 Å². The Balaban J connectivity index is 3.17. The third-order valence-electron chi connectivity index (χ3n) is 1.57. The fourth-order valence-electron chi connectivity index (χ4n) is 0.927. The quantitative estimate of drug-likeness (QED) is 0.377. The minimum absolute atomic E-state index is 0.0693. The molecule has 0 unspecified atom stereocenters. The number of nitrogens with zero attached hydrogens (tertiary/aromatic N) is 2. The first-order chi connectivity index (χ1) is 5.52. The van der Waals surface area contributed by atoms with Gasteiger partial charge in [0.25, 0.3) is 0 Å². The van der Waals surface area contributed by atoms with Crippen LogP contribution in [-0.4, -0.2) is 15.3 Å². The molecule has 1 aromatic heterocycles. The van der Waals surface area contributed by atoms with Gasteiger partial charge in [-0.15, -0.1) is 0 Å². The lowest BCUT2D eigenvalue weighted by atomic mass is 10.2. The van der Waals surface area contributed by atoms with Crippen LogP contribution in [0.1, 0.15) is 17.3 Å². The van der Waals surface area contributed by atoms with Gasteiger partial charge in [-0.1, -0.05) is 0 Å². The molecule has 1 rings (SSSR count). The first-order valence-electron chi connectivity index (χ1n) is 3.34. The standard InChI is InChI=1S/C7H8N2O3/c1-5(10)6-3-7(9(11)12)8(2)4-6/h3-4H,1-2H3. The fraction of sp³-hybridized carbons (Fsp3) is 0.286. The van der Waals surface area contributed by atoms with Crippen molar-refractivity contribution in [1.29, 1.82) is 0 Å². The summed E-state index contributed by atoms with van der Waals surface area (Å²) >= 11 is 0. The SMILES string of the molecule is CC(=O)c1cc([N+](=O)[O-])n(C)c1. The monoisotopic (exact) mass is 168 g/mol. The molecule has 0 radical (unpaired) electrons. The molecule has 0 aromatic carbocycles. The van der Waals surface area contributed by atoms with Crippen molar-refractivity contribution in [3.63, 3.8) is 0 Å². The van der Waals surface area contributed by atoms with Crippen molar-refractivity contribution in [2.24, 2.45) is 7.05 Å². The predicted molar refractivity (Wildman–Crippen MR) is 42.1 cm³/mol. The largest absolute Gasteiger partial charge is 0.358 e. The number of ketones is 1. The molecule has 0 aliphatic heterocycles. The average molecular weight is 168 g/mol. The molecule has 0 spiro atoms. The molecule has 0 aliphatic rings. The van der Waals surface area contributed by atoms with Crippen LogP contribution in [0.4, 0.5) is 5.82 Å². The molecule has 1 aromatic rings. The normalized spacial score (nSPS) is 9.83. The number of carbonyl (C=O) groups is 1. The number of hydrogen-bond acceptors (Lipinski definition) is 3. The Hall–Kier alpha value is -1.65. The van der Waals surface area contributed by atoms with E-state index in [0.717, 1.165) is 0 Å². The highest BCUT2D eigenvalue weighted by atomic mass is 16.6. The van der Waals surface area contributed by atoms with Crippen LogP contribution in [0.3, 0.4) is 0 Å². The first kappa shape index (κ1) is 8.45. The summed E-state index contributed by atoms with van der Waals surface area (Å²) in [4.78, 5) is 20.6. The van der Waals surface area contributed by atoms with Gasteiger partial charge in [-0.25, -0.2) is 4.57 Å². The smallest absolute Gasteiger partial charge is 0.323 e. The molecule has 0 saturated heterocycles. The van der Waals surface area contributed by atoms with E-state index in [1.807, 2.05) is 0 Å². The van der Waals surface area contributed by atoms with Gasteiger partial charge in [0.2, 0.25) is 0 Å². The maximum absolute atomic E-state index is 10.8. The zero-order valence-electron chi connectivity index (χ0n) is 6.77. The molecule has 5 nitrogen and oxygen atoms in total. The summed E-state index contributed by atoms with van der Waals surface area (Å²) in [6.07, 6.45) is 1.44. The number of nitro groups is 1. The van der Waals surface area contributed by atoms with Crippen molar-refractivity contribution in [2.75, 3.05) is 0 Å². The third kappa shape index (κ3) is 1.34. The average Bonchev–Trinajstić information content (AvgIpc) is 2.30. The Morgan fingerprint density at radius 2 is 2.25 bits per heavy atom. The van der Waals surface area contributed by atoms with Gasteiger partial charge in [0.1, 0.15) is 6.20 Å². The molecule has 12 heavy (non-hydrogen) atoms. The van der Waals surface area contributed by atoms with Gasteiger partial charge in [0.05, 0.1) is 12.6 Å². The Labute approximate surface area is 68.8 Å². The van der Waals surface area contributed by atoms with Gasteiger partial charge in [0.15, 0.2) is 5.78 Å². The van der Waals surface area contributed by atoms with Crippen molar-refractivity contribution in [1.82, 2.24) is 4.57 Å². The minimum atomic E-state index is -0.521. The van der Waals surface area contributed by atoms with Gasteiger partial charge in [0, 0.05) is 6.07 Å². The zero-order chi connectivity index (χ0) is 9.30. The molecular formula is C7H8N2O3. The van der Waals surface area contributed by atoms with Crippen molar-refractivity contribution in [3.05, 3.63) is 27.9 Å². The summed E-state index contributed by atoms with van der Waals surface area (Å²) in [7, 11) is 1.53. The van der Waals surface area contributed by atoms with Gasteiger partial charge in [-0.3, -0.25) is 4.79 Å². The molecule has 0 N–H and O–H groups in total. The van der Waals surface area contributed by atoms with Crippen molar-refractivity contribution >= 4 is 11.6 Å². The molecule has 0 bridgehead atoms. The molecule has 0 amide bonds. The number of aryl methyl sites for hydroxylation is 1. The molecule has 0 saturated carbocycles. The highest BCUT2D eigenvalue weighted by Gasteiger charge is 2.14. The predicted octanol–water partition coefficient (Wildman–Crippen LogP) is 1.14. The summed E-state index contributed by atoms with van der Waals surface area (Å²) in [5, 5.41) is 10.3. The van der Waals surface area contributed by atoms with E-state index < -0.39 is 4.92 Å². The Bertz CT molecular complexity index is 340. The lowest BCUT2D eigenvalue weighted by molar-refractivity contribution is -0.391. The van der Waals surface area contributed by atoms with E-state index >= 15 is 0 Å². The Kier molecular flexibility index (Phi) is 1.95. The topological polar surface area (TPSA) is 65.1 Å². The zero-order valence-corrected chi connectivity index (χ0v) is 6.77. The lowest BCUT2D eigenvalue weighted by Gasteiger charge is -1.91. The molecule has 64 valence electrons. The van der Waals surface area contributed by atoms with Gasteiger partial charge in [-0.05, 0) is 11.8 Å². The van der Waals surface area contributed by atoms with E-state index in [2.05, 4.69) is 0 Å². The van der Waals surface area contributed by atoms with Crippen LogP contribution in [0, 0.1) is 10.1 Å². The second-order valence-electron chi connectivity index (χ2n) is 2.51. The van der Waals surface area contributed by atoms with Crippen LogP contribution >= 0.6 is 0 Å². The van der Waals surface area contributed by atoms with Crippen molar-refractivity contribution < 1.29 is 9.72 Å². The second-order valence-corrected chi connectivity index (χ2v) is 2.51. The van der Waals surface area contributed by atoms with Crippen LogP contribution in [0.2, 0.25) is 0 Å². The number of rotatable bonds is 2. The summed E-state index contributed by atoms with van der Waals surface area (Å²) in [5.74, 6) is -0.237. The van der Waals surface area contributed by atoms with Crippen LogP contribution in [0.25, 0.3) is 0 Å². The van der Waals surface area contributed by atoms with Gasteiger partial charge >= 0.3 is 5.82 Å². The van der Waals surface area contributed by atoms with E-state index in [1.165, 1.54) is 30.8 Å². The van der Waals surface area contributed by atoms with Gasteiger partial charge < -0.3 is 10.1 Å². The summed E-state index contributed by atoms with van der Waals surface area (Å²) in [5.41, 5.74) is 0.365. The van der Waals surface area contributed by atoms with Crippen molar-refractivity contribution in [2.45, 2.75) is 6.92 Å². The molecule has 0 fully saturated rings. The van der Waals surface area contributed by atoms with Crippen molar-refractivity contribution in [3.8, 4) is 0 Å². The Morgan fingerprint density at radius 1 is 1.67 bits per heavy atom. The van der Waals surface area contributed by atoms with E-state index in [0.29, 0.717) is 5.56 Å². The summed E-state index contributed by atoms with van der Waals surface area (Å²) < 4.78 is 1.32. The molecule has 0 aliphatic carbocycles. The maximum atomic E-state index is 10.8. The molecular weight excluding hydrogens is 160 g/mol. The number of hydrogen-bond donors (Lipinski definition) is 0. The minimum Gasteiger partial charge on any atom is -0.358 e.